The number of benzene rings is 1. The van der Waals surface area contributed by atoms with E-state index in [1.807, 2.05) is 11.8 Å². The van der Waals surface area contributed by atoms with Crippen LogP contribution in [0.2, 0.25) is 0 Å². The third kappa shape index (κ3) is 5.83. The first-order chi connectivity index (χ1) is 12.0. The van der Waals surface area contributed by atoms with Gasteiger partial charge in [0.2, 0.25) is 5.91 Å². The third-order valence-electron chi connectivity index (χ3n) is 4.61. The van der Waals surface area contributed by atoms with Crippen molar-refractivity contribution in [3.8, 4) is 0 Å². The number of nitrogens with one attached hydrogen (secondary N) is 1. The molecular weight excluding hydrogens is 352 g/mol. The Balaban J connectivity index is 2.11. The van der Waals surface area contributed by atoms with Crippen molar-refractivity contribution in [3.63, 3.8) is 0 Å². The van der Waals surface area contributed by atoms with Crippen LogP contribution in [0.3, 0.4) is 0 Å². The van der Waals surface area contributed by atoms with Crippen LogP contribution in [0.15, 0.2) is 18.2 Å². The average Bonchev–Trinajstić information content (AvgIpc) is 2.53. The van der Waals surface area contributed by atoms with Crippen molar-refractivity contribution in [2.24, 2.45) is 11.8 Å². The molecular formula is C19H28N2O4S. The van der Waals surface area contributed by atoms with Crippen molar-refractivity contribution < 1.29 is 18.0 Å². The number of likely N-dealkylation sites (tertiary alicyclic amines) is 1. The summed E-state index contributed by atoms with van der Waals surface area (Å²) in [7, 11) is -3.19. The minimum absolute atomic E-state index is 0.0324. The standard InChI is InChI=1S/C19H28N2O4S/c1-13-9-14(2)12-21(11-13)19(23)16-6-5-15(3)17(10-16)20-18(22)7-8-26(4,24)25/h5-6,10,13-14H,7-9,11-12H2,1-4H3,(H,20,22). The highest BCUT2D eigenvalue weighted by Crippen LogP contribution is 2.24. The quantitative estimate of drug-likeness (QED) is 0.851. The predicted molar refractivity (Wildman–Crippen MR) is 103 cm³/mol. The molecule has 1 N–H and O–H groups in total. The monoisotopic (exact) mass is 380 g/mol. The van der Waals surface area contributed by atoms with E-state index in [9.17, 15) is 18.0 Å². The highest BCUT2D eigenvalue weighted by Gasteiger charge is 2.26. The molecule has 0 aliphatic carbocycles. The van der Waals surface area contributed by atoms with Gasteiger partial charge < -0.3 is 10.2 Å². The topological polar surface area (TPSA) is 83.6 Å². The van der Waals surface area contributed by atoms with Crippen LogP contribution in [0.25, 0.3) is 0 Å². The Morgan fingerprint density at radius 3 is 2.38 bits per heavy atom. The van der Waals surface area contributed by atoms with Crippen LogP contribution in [0, 0.1) is 18.8 Å². The molecule has 7 heteroatoms. The van der Waals surface area contributed by atoms with Crippen molar-refractivity contribution in [3.05, 3.63) is 29.3 Å². The molecule has 1 aromatic carbocycles. The summed E-state index contributed by atoms with van der Waals surface area (Å²) in [6.45, 7) is 7.63. The van der Waals surface area contributed by atoms with E-state index in [4.69, 9.17) is 0 Å². The first kappa shape index (κ1) is 20.4. The fourth-order valence-corrected chi connectivity index (χ4v) is 3.95. The molecule has 1 aliphatic rings. The van der Waals surface area contributed by atoms with Gasteiger partial charge >= 0.3 is 0 Å². The highest BCUT2D eigenvalue weighted by molar-refractivity contribution is 7.90. The van der Waals surface area contributed by atoms with Crippen LogP contribution >= 0.6 is 0 Å². The zero-order valence-corrected chi connectivity index (χ0v) is 16.7. The van der Waals surface area contributed by atoms with Gasteiger partial charge in [-0.25, -0.2) is 8.42 Å². The van der Waals surface area contributed by atoms with Gasteiger partial charge in [-0.1, -0.05) is 19.9 Å². The Morgan fingerprint density at radius 2 is 1.81 bits per heavy atom. The number of piperidine rings is 1. The van der Waals surface area contributed by atoms with E-state index >= 15 is 0 Å². The minimum atomic E-state index is -3.19. The number of nitrogens with zero attached hydrogens (tertiary/aromatic N) is 1. The molecule has 2 amide bonds. The first-order valence-electron chi connectivity index (χ1n) is 8.92. The van der Waals surface area contributed by atoms with Crippen molar-refractivity contribution in [2.75, 3.05) is 30.4 Å². The molecule has 2 unspecified atom stereocenters. The molecule has 1 heterocycles. The molecule has 0 aromatic heterocycles. The second-order valence-corrected chi connectivity index (χ2v) is 9.87. The smallest absolute Gasteiger partial charge is 0.253 e. The van der Waals surface area contributed by atoms with Gasteiger partial charge in [-0.2, -0.15) is 0 Å². The van der Waals surface area contributed by atoms with Gasteiger partial charge in [0.15, 0.2) is 0 Å². The van der Waals surface area contributed by atoms with E-state index < -0.39 is 9.84 Å². The van der Waals surface area contributed by atoms with Crippen molar-refractivity contribution in [2.45, 2.75) is 33.6 Å². The Morgan fingerprint density at radius 1 is 1.19 bits per heavy atom. The molecule has 1 fully saturated rings. The van der Waals surface area contributed by atoms with E-state index in [1.165, 1.54) is 0 Å². The Bertz CT molecular complexity index is 779. The number of hydrogen-bond acceptors (Lipinski definition) is 4. The highest BCUT2D eigenvalue weighted by atomic mass is 32.2. The lowest BCUT2D eigenvalue weighted by Crippen LogP contribution is -2.42. The number of anilines is 1. The summed E-state index contributed by atoms with van der Waals surface area (Å²) in [5.41, 5.74) is 1.91. The summed E-state index contributed by atoms with van der Waals surface area (Å²) < 4.78 is 22.4. The fraction of sp³-hybridized carbons (Fsp3) is 0.579. The van der Waals surface area contributed by atoms with Crippen LogP contribution in [0.5, 0.6) is 0 Å². The molecule has 0 radical (unpaired) electrons. The van der Waals surface area contributed by atoms with Crippen LogP contribution in [0.1, 0.15) is 42.6 Å². The first-order valence-corrected chi connectivity index (χ1v) is 11.0. The van der Waals surface area contributed by atoms with E-state index in [-0.39, 0.29) is 24.0 Å². The summed E-state index contributed by atoms with van der Waals surface area (Å²) in [5.74, 6) is 0.352. The molecule has 1 saturated heterocycles. The number of carbonyl (C=O) groups is 2. The van der Waals surface area contributed by atoms with Gasteiger partial charge in [0.05, 0.1) is 5.75 Å². The van der Waals surface area contributed by atoms with Gasteiger partial charge in [-0.3, -0.25) is 9.59 Å². The third-order valence-corrected chi connectivity index (χ3v) is 5.56. The lowest BCUT2D eigenvalue weighted by Gasteiger charge is -2.35. The van der Waals surface area contributed by atoms with E-state index in [0.29, 0.717) is 23.1 Å². The Kier molecular flexibility index (Phi) is 6.44. The SMILES string of the molecule is Cc1ccc(C(=O)N2CC(C)CC(C)C2)cc1NC(=O)CCS(C)(=O)=O. The Hall–Kier alpha value is -1.89. The summed E-state index contributed by atoms with van der Waals surface area (Å²) in [5, 5.41) is 2.72. The zero-order chi connectivity index (χ0) is 19.5. The maximum absolute atomic E-state index is 12.8. The predicted octanol–water partition coefficient (Wildman–Crippen LogP) is 2.49. The van der Waals surface area contributed by atoms with E-state index in [1.54, 1.807) is 18.2 Å². The number of hydrogen-bond donors (Lipinski definition) is 1. The van der Waals surface area contributed by atoms with Gasteiger partial charge in [-0.15, -0.1) is 0 Å². The van der Waals surface area contributed by atoms with Gasteiger partial charge in [-0.05, 0) is 42.9 Å². The molecule has 1 aromatic rings. The molecule has 6 nitrogen and oxygen atoms in total. The van der Waals surface area contributed by atoms with Gasteiger partial charge in [0.25, 0.3) is 5.91 Å². The maximum Gasteiger partial charge on any atom is 0.253 e. The Labute approximate surface area is 155 Å². The van der Waals surface area contributed by atoms with Gasteiger partial charge in [0, 0.05) is 37.0 Å². The molecule has 26 heavy (non-hydrogen) atoms. The van der Waals surface area contributed by atoms with Crippen LogP contribution in [-0.4, -0.2) is 50.2 Å². The normalized spacial score (nSPS) is 20.7. The number of carbonyl (C=O) groups excluding carboxylic acids is 2. The van der Waals surface area contributed by atoms with Gasteiger partial charge in [0.1, 0.15) is 9.84 Å². The minimum Gasteiger partial charge on any atom is -0.338 e. The number of aryl methyl sites for hydroxylation is 1. The molecule has 0 spiro atoms. The van der Waals surface area contributed by atoms with Crippen molar-refractivity contribution in [1.29, 1.82) is 0 Å². The lowest BCUT2D eigenvalue weighted by atomic mass is 9.91. The summed E-state index contributed by atoms with van der Waals surface area (Å²) in [6.07, 6.45) is 2.13. The number of amides is 2. The van der Waals surface area contributed by atoms with Crippen LogP contribution < -0.4 is 5.32 Å². The second kappa shape index (κ2) is 8.20. The largest absolute Gasteiger partial charge is 0.338 e. The van der Waals surface area contributed by atoms with E-state index in [2.05, 4.69) is 19.2 Å². The van der Waals surface area contributed by atoms with Crippen molar-refractivity contribution in [1.82, 2.24) is 4.90 Å². The summed E-state index contributed by atoms with van der Waals surface area (Å²) >= 11 is 0. The molecule has 144 valence electrons. The lowest BCUT2D eigenvalue weighted by molar-refractivity contribution is -0.115. The maximum atomic E-state index is 12.8. The summed E-state index contributed by atoms with van der Waals surface area (Å²) in [6, 6.07) is 5.25. The molecule has 2 rings (SSSR count). The molecule has 2 atom stereocenters. The number of rotatable bonds is 5. The van der Waals surface area contributed by atoms with E-state index in [0.717, 1.165) is 31.3 Å². The second-order valence-electron chi connectivity index (χ2n) is 7.61. The van der Waals surface area contributed by atoms with Crippen LogP contribution in [0.4, 0.5) is 5.69 Å². The fourth-order valence-electron chi connectivity index (χ4n) is 3.39. The molecule has 0 bridgehead atoms. The van der Waals surface area contributed by atoms with Crippen molar-refractivity contribution >= 4 is 27.3 Å². The molecule has 1 aliphatic heterocycles. The zero-order valence-electron chi connectivity index (χ0n) is 15.9. The number of sulfone groups is 1. The average molecular weight is 381 g/mol. The molecule has 0 saturated carbocycles. The summed E-state index contributed by atoms with van der Waals surface area (Å²) in [4.78, 5) is 26.7. The van der Waals surface area contributed by atoms with Crippen LogP contribution in [-0.2, 0) is 14.6 Å².